The Labute approximate surface area is 157 Å². The first-order valence-corrected chi connectivity index (χ1v) is 8.18. The summed E-state index contributed by atoms with van der Waals surface area (Å²) in [5.74, 6) is -1.56. The highest BCUT2D eigenvalue weighted by Gasteiger charge is 2.51. The third kappa shape index (κ3) is 2.56. The SMILES string of the molecule is N#CC1=C(C#N)C(c2ccccc2)C(c2ccccc2)C(C#N)(C#N)C1=[N-]. The standard InChI is InChI=1S/C22H12N5/c23-11-17-18(12-24)21(27)22(13-25,14-26)20(16-9-5-2-6-10-16)19(17)15-7-3-1-4-8-15/h1-10,19-20H/q-1. The van der Waals surface area contributed by atoms with Crippen LogP contribution in [-0.4, -0.2) is 5.71 Å². The highest BCUT2D eigenvalue weighted by molar-refractivity contribution is 6.15. The fourth-order valence-corrected chi connectivity index (χ4v) is 3.68. The predicted octanol–water partition coefficient (Wildman–Crippen LogP) is 3.96. The highest BCUT2D eigenvalue weighted by atomic mass is 14.6. The van der Waals surface area contributed by atoms with Crippen LogP contribution in [0.25, 0.3) is 5.41 Å². The molecule has 0 spiro atoms. The van der Waals surface area contributed by atoms with E-state index in [1.807, 2.05) is 30.3 Å². The van der Waals surface area contributed by atoms with E-state index in [0.717, 1.165) is 0 Å². The van der Waals surface area contributed by atoms with Crippen LogP contribution >= 0.6 is 0 Å². The van der Waals surface area contributed by atoms with Crippen LogP contribution in [0.3, 0.4) is 0 Å². The van der Waals surface area contributed by atoms with E-state index in [4.69, 9.17) is 0 Å². The van der Waals surface area contributed by atoms with Gasteiger partial charge in [0.2, 0.25) is 0 Å². The largest absolute Gasteiger partial charge is 0.804 e. The molecule has 5 nitrogen and oxygen atoms in total. The summed E-state index contributed by atoms with van der Waals surface area (Å²) in [4.78, 5) is 0. The van der Waals surface area contributed by atoms with Gasteiger partial charge in [0.1, 0.15) is 0 Å². The molecule has 2 aromatic carbocycles. The predicted molar refractivity (Wildman–Crippen MR) is 98.6 cm³/mol. The lowest BCUT2D eigenvalue weighted by Crippen LogP contribution is -2.43. The molecule has 0 heterocycles. The normalized spacial score (nSPS) is 20.7. The molecule has 2 unspecified atom stereocenters. The van der Waals surface area contributed by atoms with Crippen LogP contribution < -0.4 is 0 Å². The van der Waals surface area contributed by atoms with Crippen molar-refractivity contribution < 1.29 is 0 Å². The van der Waals surface area contributed by atoms with Crippen LogP contribution in [0.4, 0.5) is 0 Å². The summed E-state index contributed by atoms with van der Waals surface area (Å²) in [6.07, 6.45) is 0. The Morgan fingerprint density at radius 1 is 0.741 bits per heavy atom. The zero-order chi connectivity index (χ0) is 19.4. The molecule has 0 amide bonds. The van der Waals surface area contributed by atoms with E-state index in [9.17, 15) is 26.5 Å². The summed E-state index contributed by atoms with van der Waals surface area (Å²) in [6.45, 7) is 0. The van der Waals surface area contributed by atoms with Crippen molar-refractivity contribution in [1.82, 2.24) is 0 Å². The first-order chi connectivity index (χ1) is 13.1. The van der Waals surface area contributed by atoms with E-state index in [0.29, 0.717) is 11.1 Å². The maximum atomic E-state index is 10.7. The lowest BCUT2D eigenvalue weighted by Gasteiger charge is -2.44. The summed E-state index contributed by atoms with van der Waals surface area (Å²) in [5, 5.41) is 49.9. The van der Waals surface area contributed by atoms with Crippen LogP contribution in [0.15, 0.2) is 71.8 Å². The third-order valence-electron chi connectivity index (χ3n) is 4.89. The van der Waals surface area contributed by atoms with E-state index in [1.54, 1.807) is 54.6 Å². The van der Waals surface area contributed by atoms with Crippen molar-refractivity contribution in [3.05, 3.63) is 88.3 Å². The Morgan fingerprint density at radius 3 is 1.70 bits per heavy atom. The van der Waals surface area contributed by atoms with E-state index in [-0.39, 0.29) is 11.1 Å². The molecule has 0 saturated heterocycles. The number of hydrogen-bond donors (Lipinski definition) is 0. The molecule has 0 radical (unpaired) electrons. The Morgan fingerprint density at radius 2 is 1.26 bits per heavy atom. The van der Waals surface area contributed by atoms with Gasteiger partial charge in [-0.2, -0.15) is 21.0 Å². The highest BCUT2D eigenvalue weighted by Crippen LogP contribution is 2.54. The molecular formula is C22H12N5-. The number of benzene rings is 2. The minimum Gasteiger partial charge on any atom is -0.804 e. The second-order valence-corrected chi connectivity index (χ2v) is 6.17. The van der Waals surface area contributed by atoms with Gasteiger partial charge in [0.15, 0.2) is 5.41 Å². The molecule has 0 aromatic heterocycles. The van der Waals surface area contributed by atoms with Gasteiger partial charge >= 0.3 is 0 Å². The molecule has 0 saturated carbocycles. The molecule has 0 N–H and O–H groups in total. The van der Waals surface area contributed by atoms with Crippen LogP contribution in [0.5, 0.6) is 0 Å². The Hall–Kier alpha value is -4.19. The Bertz CT molecular complexity index is 1070. The summed E-state index contributed by atoms with van der Waals surface area (Å²) in [7, 11) is 0. The number of rotatable bonds is 2. The van der Waals surface area contributed by atoms with Gasteiger partial charge in [-0.25, -0.2) is 0 Å². The Balaban J connectivity index is 2.45. The van der Waals surface area contributed by atoms with Gasteiger partial charge < -0.3 is 5.41 Å². The van der Waals surface area contributed by atoms with Crippen LogP contribution in [0.2, 0.25) is 0 Å². The summed E-state index contributed by atoms with van der Waals surface area (Å²) in [5.41, 5.74) is -1.57. The minimum atomic E-state index is -1.98. The lowest BCUT2D eigenvalue weighted by atomic mass is 9.56. The van der Waals surface area contributed by atoms with Gasteiger partial charge in [0.05, 0.1) is 29.8 Å². The van der Waals surface area contributed by atoms with E-state index in [2.05, 4.69) is 0 Å². The third-order valence-corrected chi connectivity index (χ3v) is 4.89. The monoisotopic (exact) mass is 346 g/mol. The van der Waals surface area contributed by atoms with E-state index in [1.165, 1.54) is 0 Å². The van der Waals surface area contributed by atoms with Crippen molar-refractivity contribution in [2.45, 2.75) is 11.8 Å². The molecule has 27 heavy (non-hydrogen) atoms. The molecule has 5 heteroatoms. The number of nitriles is 4. The van der Waals surface area contributed by atoms with Crippen molar-refractivity contribution in [3.63, 3.8) is 0 Å². The van der Waals surface area contributed by atoms with Gasteiger partial charge in [-0.3, -0.25) is 0 Å². The zero-order valence-corrected chi connectivity index (χ0v) is 14.2. The molecule has 2 aromatic rings. The van der Waals surface area contributed by atoms with Crippen molar-refractivity contribution >= 4 is 5.71 Å². The quantitative estimate of drug-likeness (QED) is 0.817. The molecule has 0 bridgehead atoms. The minimum absolute atomic E-state index is 0.0520. The molecule has 126 valence electrons. The molecule has 1 aliphatic rings. The molecule has 0 fully saturated rings. The maximum Gasteiger partial charge on any atom is 0.156 e. The van der Waals surface area contributed by atoms with Crippen LogP contribution in [0.1, 0.15) is 23.0 Å². The van der Waals surface area contributed by atoms with Crippen LogP contribution in [-0.2, 0) is 0 Å². The van der Waals surface area contributed by atoms with Gasteiger partial charge in [0, 0.05) is 17.4 Å². The average Bonchev–Trinajstić information content (AvgIpc) is 2.74. The molecule has 2 atom stereocenters. The molecular weight excluding hydrogens is 334 g/mol. The second kappa shape index (κ2) is 6.97. The topological polar surface area (TPSA) is 117 Å². The van der Waals surface area contributed by atoms with Crippen molar-refractivity contribution in [2.75, 3.05) is 0 Å². The van der Waals surface area contributed by atoms with Crippen molar-refractivity contribution in [2.24, 2.45) is 5.41 Å². The lowest BCUT2D eigenvalue weighted by molar-refractivity contribution is 0.469. The molecule has 1 aliphatic carbocycles. The van der Waals surface area contributed by atoms with Gasteiger partial charge in [-0.05, 0) is 11.1 Å². The Kier molecular flexibility index (Phi) is 4.55. The number of nitrogens with zero attached hydrogens (tertiary/aromatic N) is 5. The van der Waals surface area contributed by atoms with E-state index < -0.39 is 23.0 Å². The first kappa shape index (κ1) is 17.6. The van der Waals surface area contributed by atoms with Gasteiger partial charge in [-0.15, -0.1) is 5.71 Å². The summed E-state index contributed by atoms with van der Waals surface area (Å²) in [6, 6.07) is 25.5. The fourth-order valence-electron chi connectivity index (χ4n) is 3.68. The number of hydrogen-bond acceptors (Lipinski definition) is 4. The molecule has 0 aliphatic heterocycles. The maximum absolute atomic E-state index is 10.7. The second-order valence-electron chi connectivity index (χ2n) is 6.17. The molecule has 3 rings (SSSR count). The van der Waals surface area contributed by atoms with Crippen molar-refractivity contribution in [1.29, 1.82) is 21.0 Å². The van der Waals surface area contributed by atoms with Gasteiger partial charge in [-0.1, -0.05) is 60.7 Å². The smallest absolute Gasteiger partial charge is 0.156 e. The summed E-state index contributed by atoms with van der Waals surface area (Å²) >= 11 is 0. The van der Waals surface area contributed by atoms with Gasteiger partial charge in [0.25, 0.3) is 0 Å². The average molecular weight is 346 g/mol. The number of allylic oxidation sites excluding steroid dienone is 2. The summed E-state index contributed by atoms with van der Waals surface area (Å²) < 4.78 is 0. The fraction of sp³-hybridized carbons (Fsp3) is 0.136. The van der Waals surface area contributed by atoms with Crippen molar-refractivity contribution in [3.8, 4) is 24.3 Å². The van der Waals surface area contributed by atoms with Crippen LogP contribution in [0, 0.1) is 50.7 Å². The zero-order valence-electron chi connectivity index (χ0n) is 14.2. The first-order valence-electron chi connectivity index (χ1n) is 8.18. The van der Waals surface area contributed by atoms with E-state index >= 15 is 0 Å².